The second-order valence-corrected chi connectivity index (χ2v) is 3.15. The molecule has 2 heteroatoms. The van der Waals surface area contributed by atoms with Gasteiger partial charge in [0.25, 0.3) is 0 Å². The van der Waals surface area contributed by atoms with Crippen LogP contribution in [0.25, 0.3) is 0 Å². The van der Waals surface area contributed by atoms with Gasteiger partial charge in [0, 0.05) is 5.03 Å². The Morgan fingerprint density at radius 3 is 2.67 bits per heavy atom. The maximum absolute atomic E-state index is 5.85. The molecule has 0 aliphatic heterocycles. The van der Waals surface area contributed by atoms with Gasteiger partial charge in [-0.3, -0.25) is 0 Å². The highest BCUT2D eigenvalue weighted by Gasteiger charge is 2.12. The Bertz CT molecular complexity index is 158. The van der Waals surface area contributed by atoms with Crippen molar-refractivity contribution in [1.29, 1.82) is 0 Å². The first-order valence-corrected chi connectivity index (χ1v) is 3.71. The molecule has 0 amide bonds. The number of hydrogen-bond donors (Lipinski definition) is 0. The molecule has 0 bridgehead atoms. The Morgan fingerprint density at radius 2 is 2.22 bits per heavy atom. The molecule has 0 heterocycles. The second kappa shape index (κ2) is 2.76. The quantitative estimate of drug-likeness (QED) is 0.481. The van der Waals surface area contributed by atoms with E-state index < -0.39 is 0 Å². The van der Waals surface area contributed by atoms with Crippen LogP contribution in [-0.4, -0.2) is 5.38 Å². The number of allylic oxidation sites excluding steroid dienone is 4. The molecule has 2 atom stereocenters. The van der Waals surface area contributed by atoms with E-state index in [1.807, 2.05) is 18.2 Å². The summed E-state index contributed by atoms with van der Waals surface area (Å²) in [6.45, 7) is 2.06. The monoisotopic (exact) mass is 162 g/mol. The van der Waals surface area contributed by atoms with Crippen molar-refractivity contribution in [3.8, 4) is 0 Å². The van der Waals surface area contributed by atoms with Crippen LogP contribution in [0.1, 0.15) is 6.92 Å². The van der Waals surface area contributed by atoms with Gasteiger partial charge in [0.1, 0.15) is 0 Å². The maximum atomic E-state index is 5.85. The van der Waals surface area contributed by atoms with E-state index in [-0.39, 0.29) is 5.38 Å². The largest absolute Gasteiger partial charge is 0.118 e. The van der Waals surface area contributed by atoms with Crippen LogP contribution in [0.15, 0.2) is 23.3 Å². The Kier molecular flexibility index (Phi) is 2.20. The third-order valence-corrected chi connectivity index (χ3v) is 2.16. The first kappa shape index (κ1) is 7.17. The van der Waals surface area contributed by atoms with Crippen LogP contribution < -0.4 is 0 Å². The van der Waals surface area contributed by atoms with E-state index in [2.05, 4.69) is 6.92 Å². The molecule has 0 nitrogen and oxygen atoms in total. The fourth-order valence-corrected chi connectivity index (χ4v) is 1.20. The second-order valence-electron chi connectivity index (χ2n) is 2.21. The predicted octanol–water partition coefficient (Wildman–Crippen LogP) is 2.92. The summed E-state index contributed by atoms with van der Waals surface area (Å²) in [7, 11) is 0. The Labute approximate surface area is 65.2 Å². The molecule has 0 radical (unpaired) electrons. The van der Waals surface area contributed by atoms with E-state index in [0.29, 0.717) is 5.92 Å². The van der Waals surface area contributed by atoms with E-state index in [9.17, 15) is 0 Å². The summed E-state index contributed by atoms with van der Waals surface area (Å²) in [6.07, 6.45) is 5.75. The van der Waals surface area contributed by atoms with Crippen molar-refractivity contribution < 1.29 is 0 Å². The van der Waals surface area contributed by atoms with Gasteiger partial charge in [-0.05, 0) is 18.1 Å². The molecule has 2 unspecified atom stereocenters. The topological polar surface area (TPSA) is 0 Å². The fourth-order valence-electron chi connectivity index (χ4n) is 0.709. The molecule has 0 aromatic rings. The van der Waals surface area contributed by atoms with Gasteiger partial charge in [-0.1, -0.05) is 24.6 Å². The molecule has 0 aromatic carbocycles. The van der Waals surface area contributed by atoms with Crippen LogP contribution in [0.3, 0.4) is 0 Å². The molecular weight excluding hydrogens is 155 g/mol. The Balaban J connectivity index is 2.70. The molecular formula is C7H8Cl2. The minimum Gasteiger partial charge on any atom is -0.118 e. The average molecular weight is 163 g/mol. The minimum atomic E-state index is 0.0718. The Morgan fingerprint density at radius 1 is 1.56 bits per heavy atom. The number of rotatable bonds is 0. The first-order valence-electron chi connectivity index (χ1n) is 2.90. The summed E-state index contributed by atoms with van der Waals surface area (Å²) < 4.78 is 0. The van der Waals surface area contributed by atoms with Crippen LogP contribution >= 0.6 is 23.2 Å². The third kappa shape index (κ3) is 1.74. The lowest BCUT2D eigenvalue weighted by Gasteiger charge is -2.13. The van der Waals surface area contributed by atoms with Crippen molar-refractivity contribution in [2.45, 2.75) is 12.3 Å². The summed E-state index contributed by atoms with van der Waals surface area (Å²) in [5.41, 5.74) is 0. The number of halogens is 2. The summed E-state index contributed by atoms with van der Waals surface area (Å²) in [4.78, 5) is 0. The first-order chi connectivity index (χ1) is 4.20. The molecule has 0 aromatic heterocycles. The average Bonchev–Trinajstić information content (AvgIpc) is 1.80. The lowest BCUT2D eigenvalue weighted by atomic mass is 10.0. The molecule has 0 fully saturated rings. The van der Waals surface area contributed by atoms with Gasteiger partial charge < -0.3 is 0 Å². The van der Waals surface area contributed by atoms with Gasteiger partial charge in [-0.15, -0.1) is 11.6 Å². The number of alkyl halides is 1. The van der Waals surface area contributed by atoms with Crippen molar-refractivity contribution in [2.75, 3.05) is 0 Å². The van der Waals surface area contributed by atoms with Crippen molar-refractivity contribution >= 4 is 23.2 Å². The maximum Gasteiger partial charge on any atom is 0.0593 e. The minimum absolute atomic E-state index is 0.0718. The van der Waals surface area contributed by atoms with E-state index in [1.54, 1.807) is 0 Å². The summed E-state index contributed by atoms with van der Waals surface area (Å²) >= 11 is 11.5. The highest BCUT2D eigenvalue weighted by atomic mass is 35.5. The molecule has 0 spiro atoms. The zero-order valence-corrected chi connectivity index (χ0v) is 6.65. The van der Waals surface area contributed by atoms with Crippen LogP contribution in [0.4, 0.5) is 0 Å². The summed E-state index contributed by atoms with van der Waals surface area (Å²) in [5, 5.41) is 0.815. The van der Waals surface area contributed by atoms with Gasteiger partial charge >= 0.3 is 0 Å². The van der Waals surface area contributed by atoms with Crippen LogP contribution in [0.2, 0.25) is 0 Å². The zero-order chi connectivity index (χ0) is 6.85. The summed E-state index contributed by atoms with van der Waals surface area (Å²) in [5.74, 6) is 0.411. The molecule has 0 saturated heterocycles. The highest BCUT2D eigenvalue weighted by molar-refractivity contribution is 6.32. The zero-order valence-electron chi connectivity index (χ0n) is 5.14. The van der Waals surface area contributed by atoms with Gasteiger partial charge in [-0.2, -0.15) is 0 Å². The van der Waals surface area contributed by atoms with Crippen LogP contribution in [-0.2, 0) is 0 Å². The predicted molar refractivity (Wildman–Crippen MR) is 41.9 cm³/mol. The van der Waals surface area contributed by atoms with Crippen molar-refractivity contribution in [1.82, 2.24) is 0 Å². The van der Waals surface area contributed by atoms with Crippen molar-refractivity contribution in [3.05, 3.63) is 23.3 Å². The standard InChI is InChI=1S/C7H8Cl2/c1-5-2-3-6(8)4-7(5)9/h2-5,7H,1H3. The van der Waals surface area contributed by atoms with E-state index in [4.69, 9.17) is 23.2 Å². The van der Waals surface area contributed by atoms with Crippen LogP contribution in [0, 0.1) is 5.92 Å². The molecule has 0 saturated carbocycles. The van der Waals surface area contributed by atoms with Gasteiger partial charge in [0.2, 0.25) is 0 Å². The van der Waals surface area contributed by atoms with Gasteiger partial charge in [-0.25, -0.2) is 0 Å². The SMILES string of the molecule is CC1C=CC(Cl)=CC1Cl. The number of hydrogen-bond acceptors (Lipinski definition) is 0. The van der Waals surface area contributed by atoms with E-state index in [0.717, 1.165) is 5.03 Å². The normalized spacial score (nSPS) is 34.3. The van der Waals surface area contributed by atoms with Crippen LogP contribution in [0.5, 0.6) is 0 Å². The molecule has 1 rings (SSSR count). The Hall–Kier alpha value is 0.0600. The fraction of sp³-hybridized carbons (Fsp3) is 0.429. The lowest BCUT2D eigenvalue weighted by Crippen LogP contribution is -2.08. The highest BCUT2D eigenvalue weighted by Crippen LogP contribution is 2.22. The third-order valence-electron chi connectivity index (χ3n) is 1.38. The van der Waals surface area contributed by atoms with E-state index in [1.165, 1.54) is 0 Å². The van der Waals surface area contributed by atoms with Gasteiger partial charge in [0.15, 0.2) is 0 Å². The van der Waals surface area contributed by atoms with Crippen molar-refractivity contribution in [2.24, 2.45) is 5.92 Å². The van der Waals surface area contributed by atoms with E-state index >= 15 is 0 Å². The van der Waals surface area contributed by atoms with Crippen molar-refractivity contribution in [3.63, 3.8) is 0 Å². The molecule has 9 heavy (non-hydrogen) atoms. The summed E-state index contributed by atoms with van der Waals surface area (Å²) in [6, 6.07) is 0. The molecule has 0 N–H and O–H groups in total. The lowest BCUT2D eigenvalue weighted by molar-refractivity contribution is 0.743. The molecule has 50 valence electrons. The molecule has 1 aliphatic carbocycles. The smallest absolute Gasteiger partial charge is 0.0593 e. The molecule has 1 aliphatic rings. The van der Waals surface area contributed by atoms with Gasteiger partial charge in [0.05, 0.1) is 5.38 Å².